The zero-order chi connectivity index (χ0) is 12.7. The first-order valence-corrected chi connectivity index (χ1v) is 6.32. The van der Waals surface area contributed by atoms with E-state index in [4.69, 9.17) is 11.6 Å². The van der Waals surface area contributed by atoms with Crippen molar-refractivity contribution in [3.8, 4) is 22.8 Å². The van der Waals surface area contributed by atoms with E-state index in [0.717, 1.165) is 42.6 Å². The van der Waals surface area contributed by atoms with Gasteiger partial charge in [0.2, 0.25) is 0 Å². The second kappa shape index (κ2) is 6.57. The minimum absolute atomic E-state index is 0. The van der Waals surface area contributed by atoms with Gasteiger partial charge < -0.3 is 10.2 Å². The van der Waals surface area contributed by atoms with Crippen LogP contribution in [0.25, 0.3) is 11.3 Å². The molecule has 1 aliphatic rings. The number of benzene rings is 1. The molecule has 1 heterocycles. The molecule has 1 aliphatic carbocycles. The average Bonchev–Trinajstić information content (AvgIpc) is 2.78. The van der Waals surface area contributed by atoms with E-state index in [1.807, 2.05) is 0 Å². The van der Waals surface area contributed by atoms with Gasteiger partial charge in [-0.1, -0.05) is 11.6 Å². The van der Waals surface area contributed by atoms with Gasteiger partial charge in [0.1, 0.15) is 11.5 Å². The topological polar surface area (TPSA) is 69.1 Å². The van der Waals surface area contributed by atoms with Crippen molar-refractivity contribution in [2.24, 2.45) is 0 Å². The Kier molecular flexibility index (Phi) is 5.57. The second-order valence-corrected chi connectivity index (χ2v) is 4.96. The Balaban J connectivity index is 0.000001000. The van der Waals surface area contributed by atoms with Crippen LogP contribution in [0.15, 0.2) is 12.1 Å². The normalized spacial score (nSPS) is 13.1. The van der Waals surface area contributed by atoms with Crippen LogP contribution < -0.4 is 0 Å². The third-order valence-electron chi connectivity index (χ3n) is 3.38. The van der Waals surface area contributed by atoms with Gasteiger partial charge in [0.15, 0.2) is 0 Å². The Morgan fingerprint density at radius 3 is 2.50 bits per heavy atom. The Morgan fingerprint density at radius 1 is 1.05 bits per heavy atom. The van der Waals surface area contributed by atoms with Gasteiger partial charge in [-0.15, -0.1) is 24.8 Å². The van der Waals surface area contributed by atoms with Crippen molar-refractivity contribution in [1.29, 1.82) is 0 Å². The number of hydrogen-bond acceptors (Lipinski definition) is 3. The minimum Gasteiger partial charge on any atom is -0.507 e. The molecule has 1 aromatic carbocycles. The number of fused-ring (bicyclic) bond motifs is 1. The molecule has 0 aliphatic heterocycles. The highest BCUT2D eigenvalue weighted by molar-refractivity contribution is 6.32. The number of phenols is 2. The standard InChI is InChI=1S/C13H13ClN2O2.2ClH/c14-9-5-8(11(17)6-12(9)18)13-7-3-1-2-4-10(7)15-16-13;;/h5-6,17-18H,1-4H2,(H,15,16);2*1H. The summed E-state index contributed by atoms with van der Waals surface area (Å²) in [6, 6.07) is 2.80. The van der Waals surface area contributed by atoms with Crippen molar-refractivity contribution in [2.75, 3.05) is 0 Å². The summed E-state index contributed by atoms with van der Waals surface area (Å²) in [7, 11) is 0. The summed E-state index contributed by atoms with van der Waals surface area (Å²) in [5.41, 5.74) is 3.60. The van der Waals surface area contributed by atoms with Crippen LogP contribution in [0.5, 0.6) is 11.5 Å². The monoisotopic (exact) mass is 336 g/mol. The fourth-order valence-electron chi connectivity index (χ4n) is 2.44. The minimum atomic E-state index is -0.123. The molecule has 2 aromatic rings. The quantitative estimate of drug-likeness (QED) is 0.740. The van der Waals surface area contributed by atoms with Crippen LogP contribution >= 0.6 is 36.4 Å². The molecule has 4 nitrogen and oxygen atoms in total. The summed E-state index contributed by atoms with van der Waals surface area (Å²) >= 11 is 5.89. The number of aromatic nitrogens is 2. The van der Waals surface area contributed by atoms with Crippen molar-refractivity contribution in [3.05, 3.63) is 28.4 Å². The van der Waals surface area contributed by atoms with E-state index in [1.165, 1.54) is 6.07 Å². The average molecular weight is 338 g/mol. The molecule has 0 saturated carbocycles. The van der Waals surface area contributed by atoms with Crippen molar-refractivity contribution < 1.29 is 10.2 Å². The summed E-state index contributed by atoms with van der Waals surface area (Å²) < 4.78 is 0. The molecule has 3 N–H and O–H groups in total. The smallest absolute Gasteiger partial charge is 0.137 e. The highest BCUT2D eigenvalue weighted by Crippen LogP contribution is 2.39. The second-order valence-electron chi connectivity index (χ2n) is 4.56. The van der Waals surface area contributed by atoms with E-state index >= 15 is 0 Å². The van der Waals surface area contributed by atoms with Gasteiger partial charge >= 0.3 is 0 Å². The molecule has 0 unspecified atom stereocenters. The third kappa shape index (κ3) is 2.82. The molecule has 0 spiro atoms. The number of nitrogens with zero attached hydrogens (tertiary/aromatic N) is 1. The van der Waals surface area contributed by atoms with Gasteiger partial charge in [0.05, 0.1) is 10.7 Å². The predicted molar refractivity (Wildman–Crippen MR) is 83.5 cm³/mol. The maximum absolute atomic E-state index is 9.92. The summed E-state index contributed by atoms with van der Waals surface area (Å²) in [5.74, 6) is -0.126. The highest BCUT2D eigenvalue weighted by atomic mass is 35.5. The highest BCUT2D eigenvalue weighted by Gasteiger charge is 2.20. The number of phenolic OH excluding ortho intramolecular Hbond substituents is 2. The predicted octanol–water partition coefficient (Wildman–Crippen LogP) is 3.86. The molecule has 0 fully saturated rings. The molecule has 0 atom stereocenters. The van der Waals surface area contributed by atoms with E-state index in [9.17, 15) is 10.2 Å². The number of aromatic amines is 1. The maximum Gasteiger partial charge on any atom is 0.137 e. The molecule has 0 bridgehead atoms. The van der Waals surface area contributed by atoms with Crippen LogP contribution in [-0.2, 0) is 12.8 Å². The number of halogens is 3. The van der Waals surface area contributed by atoms with Crippen molar-refractivity contribution in [1.82, 2.24) is 10.2 Å². The van der Waals surface area contributed by atoms with Crippen LogP contribution in [-0.4, -0.2) is 20.4 Å². The SMILES string of the molecule is Cl.Cl.Oc1cc(O)c(-c2n[nH]c3c2CCCC3)cc1Cl. The summed E-state index contributed by atoms with van der Waals surface area (Å²) in [4.78, 5) is 0. The Bertz CT molecular complexity index is 614. The van der Waals surface area contributed by atoms with Crippen LogP contribution in [0.4, 0.5) is 0 Å². The largest absolute Gasteiger partial charge is 0.507 e. The Morgan fingerprint density at radius 2 is 1.75 bits per heavy atom. The lowest BCUT2D eigenvalue weighted by atomic mass is 9.93. The Hall–Kier alpha value is -1.10. The number of aryl methyl sites for hydroxylation is 1. The molecular weight excluding hydrogens is 323 g/mol. The fourth-order valence-corrected chi connectivity index (χ4v) is 2.61. The van der Waals surface area contributed by atoms with Gasteiger partial charge in [0, 0.05) is 22.9 Å². The lowest BCUT2D eigenvalue weighted by molar-refractivity contribution is 0.452. The molecule has 20 heavy (non-hydrogen) atoms. The molecule has 1 aromatic heterocycles. The third-order valence-corrected chi connectivity index (χ3v) is 3.68. The first-order chi connectivity index (χ1) is 8.66. The molecule has 7 heteroatoms. The first-order valence-electron chi connectivity index (χ1n) is 5.95. The molecule has 0 radical (unpaired) electrons. The van der Waals surface area contributed by atoms with Gasteiger partial charge in [-0.25, -0.2) is 0 Å². The van der Waals surface area contributed by atoms with Gasteiger partial charge in [0.25, 0.3) is 0 Å². The number of rotatable bonds is 1. The van der Waals surface area contributed by atoms with E-state index in [-0.39, 0.29) is 41.3 Å². The number of hydrogen-bond donors (Lipinski definition) is 3. The van der Waals surface area contributed by atoms with E-state index in [1.54, 1.807) is 6.07 Å². The maximum atomic E-state index is 9.92. The molecule has 110 valence electrons. The van der Waals surface area contributed by atoms with Crippen LogP contribution in [0.1, 0.15) is 24.1 Å². The van der Waals surface area contributed by atoms with Crippen LogP contribution in [0.2, 0.25) is 5.02 Å². The first kappa shape index (κ1) is 17.0. The summed E-state index contributed by atoms with van der Waals surface area (Å²) in [6.07, 6.45) is 4.25. The Labute approximate surface area is 134 Å². The zero-order valence-electron chi connectivity index (χ0n) is 10.5. The summed E-state index contributed by atoms with van der Waals surface area (Å²) in [6.45, 7) is 0. The molecule has 0 saturated heterocycles. The van der Waals surface area contributed by atoms with Gasteiger partial charge in [-0.3, -0.25) is 5.10 Å². The van der Waals surface area contributed by atoms with Gasteiger partial charge in [-0.2, -0.15) is 5.10 Å². The van der Waals surface area contributed by atoms with Crippen LogP contribution in [0.3, 0.4) is 0 Å². The number of H-pyrrole nitrogens is 1. The molecule has 0 amide bonds. The number of aromatic hydroxyl groups is 2. The summed E-state index contributed by atoms with van der Waals surface area (Å²) in [5, 5.41) is 26.9. The molecular formula is C13H15Cl3N2O2. The van der Waals surface area contributed by atoms with Crippen molar-refractivity contribution in [2.45, 2.75) is 25.7 Å². The number of nitrogens with one attached hydrogen (secondary N) is 1. The van der Waals surface area contributed by atoms with Crippen molar-refractivity contribution in [3.63, 3.8) is 0 Å². The lowest BCUT2D eigenvalue weighted by Crippen LogP contribution is -2.01. The van der Waals surface area contributed by atoms with Gasteiger partial charge in [-0.05, 0) is 31.7 Å². The van der Waals surface area contributed by atoms with Crippen molar-refractivity contribution >= 4 is 36.4 Å². The zero-order valence-corrected chi connectivity index (χ0v) is 12.9. The molecule has 3 rings (SSSR count). The van der Waals surface area contributed by atoms with E-state index < -0.39 is 0 Å². The van der Waals surface area contributed by atoms with E-state index in [0.29, 0.717) is 5.56 Å². The fraction of sp³-hybridized carbons (Fsp3) is 0.308. The van der Waals surface area contributed by atoms with E-state index in [2.05, 4.69) is 10.2 Å². The lowest BCUT2D eigenvalue weighted by Gasteiger charge is -2.12. The van der Waals surface area contributed by atoms with Crippen LogP contribution in [0, 0.1) is 0 Å².